The second kappa shape index (κ2) is 7.56. The first kappa shape index (κ1) is 15.3. The summed E-state index contributed by atoms with van der Waals surface area (Å²) in [5.74, 6) is 0.0573. The van der Waals surface area contributed by atoms with Crippen molar-refractivity contribution >= 4 is 17.2 Å². The molecular weight excluding hydrogens is 292 g/mol. The van der Waals surface area contributed by atoms with Gasteiger partial charge in [-0.15, -0.1) is 11.3 Å². The molecule has 116 valence electrons. The quantitative estimate of drug-likeness (QED) is 0.830. The number of hydrogen-bond acceptors (Lipinski definition) is 3. The number of rotatable bonds is 6. The first-order valence-corrected chi connectivity index (χ1v) is 8.82. The molecule has 1 aromatic carbocycles. The summed E-state index contributed by atoms with van der Waals surface area (Å²) >= 11 is 1.49. The van der Waals surface area contributed by atoms with E-state index in [0.717, 1.165) is 50.3 Å². The Bertz CT molecular complexity index is 609. The second-order valence-electron chi connectivity index (χ2n) is 5.74. The minimum Gasteiger partial charge on any atom is -0.351 e. The number of benzene rings is 1. The van der Waals surface area contributed by atoms with Crippen molar-refractivity contribution in [2.24, 2.45) is 0 Å². The van der Waals surface area contributed by atoms with Crippen molar-refractivity contribution in [3.63, 3.8) is 0 Å². The van der Waals surface area contributed by atoms with E-state index in [-0.39, 0.29) is 5.91 Å². The van der Waals surface area contributed by atoms with Crippen LogP contribution in [-0.2, 0) is 13.0 Å². The van der Waals surface area contributed by atoms with E-state index in [1.807, 2.05) is 17.5 Å². The van der Waals surface area contributed by atoms with Crippen LogP contribution in [0.15, 0.2) is 41.8 Å². The predicted octanol–water partition coefficient (Wildman–Crippen LogP) is 3.32. The third kappa shape index (κ3) is 3.96. The van der Waals surface area contributed by atoms with Gasteiger partial charge in [-0.05, 0) is 48.4 Å². The fourth-order valence-corrected chi connectivity index (χ4v) is 3.54. The molecule has 3 nitrogen and oxygen atoms in total. The van der Waals surface area contributed by atoms with Gasteiger partial charge < -0.3 is 5.32 Å². The van der Waals surface area contributed by atoms with E-state index in [1.54, 1.807) is 0 Å². The Balaban J connectivity index is 1.34. The molecule has 3 rings (SSSR count). The van der Waals surface area contributed by atoms with Crippen LogP contribution in [0.5, 0.6) is 0 Å². The zero-order valence-electron chi connectivity index (χ0n) is 12.8. The molecule has 2 aromatic rings. The van der Waals surface area contributed by atoms with E-state index >= 15 is 0 Å². The van der Waals surface area contributed by atoms with Crippen molar-refractivity contribution in [2.45, 2.75) is 25.8 Å². The van der Waals surface area contributed by atoms with Crippen molar-refractivity contribution < 1.29 is 4.79 Å². The van der Waals surface area contributed by atoms with E-state index in [2.05, 4.69) is 34.5 Å². The maximum Gasteiger partial charge on any atom is 0.261 e. The number of nitrogens with one attached hydrogen (secondary N) is 1. The van der Waals surface area contributed by atoms with Gasteiger partial charge in [0.2, 0.25) is 0 Å². The highest BCUT2D eigenvalue weighted by molar-refractivity contribution is 7.12. The monoisotopic (exact) mass is 314 g/mol. The molecule has 2 heterocycles. The van der Waals surface area contributed by atoms with Gasteiger partial charge in [0.15, 0.2) is 0 Å². The van der Waals surface area contributed by atoms with Gasteiger partial charge in [-0.25, -0.2) is 0 Å². The summed E-state index contributed by atoms with van der Waals surface area (Å²) in [6, 6.07) is 12.5. The number of carbonyl (C=O) groups excluding carboxylic acids is 1. The number of unbranched alkanes of at least 4 members (excludes halogenated alkanes) is 1. The Hall–Kier alpha value is -1.65. The minimum atomic E-state index is 0.0573. The van der Waals surface area contributed by atoms with Crippen LogP contribution in [0.25, 0.3) is 0 Å². The lowest BCUT2D eigenvalue weighted by Gasteiger charge is -2.28. The maximum atomic E-state index is 11.8. The number of hydrogen-bond donors (Lipinski definition) is 1. The van der Waals surface area contributed by atoms with Gasteiger partial charge in [-0.3, -0.25) is 9.69 Å². The SMILES string of the molecule is O=C(NCCCCN1CCc2ccccc2C1)c1cccs1. The summed E-state index contributed by atoms with van der Waals surface area (Å²) in [6.07, 6.45) is 3.33. The lowest BCUT2D eigenvalue weighted by atomic mass is 10.00. The van der Waals surface area contributed by atoms with Crippen molar-refractivity contribution in [3.8, 4) is 0 Å². The first-order chi connectivity index (χ1) is 10.8. The van der Waals surface area contributed by atoms with Crippen LogP contribution in [0.4, 0.5) is 0 Å². The van der Waals surface area contributed by atoms with Crippen molar-refractivity contribution in [1.82, 2.24) is 10.2 Å². The van der Waals surface area contributed by atoms with Crippen molar-refractivity contribution in [1.29, 1.82) is 0 Å². The first-order valence-electron chi connectivity index (χ1n) is 7.94. The van der Waals surface area contributed by atoms with Crippen LogP contribution in [-0.4, -0.2) is 30.4 Å². The summed E-state index contributed by atoms with van der Waals surface area (Å²) in [4.78, 5) is 15.1. The molecule has 0 unspecified atom stereocenters. The van der Waals surface area contributed by atoms with Crippen LogP contribution in [0, 0.1) is 0 Å². The molecular formula is C18H22N2OS. The Morgan fingerprint density at radius 3 is 2.82 bits per heavy atom. The molecule has 0 fully saturated rings. The second-order valence-corrected chi connectivity index (χ2v) is 6.68. The molecule has 0 bridgehead atoms. The lowest BCUT2D eigenvalue weighted by molar-refractivity contribution is 0.0956. The largest absolute Gasteiger partial charge is 0.351 e. The Labute approximate surface area is 136 Å². The summed E-state index contributed by atoms with van der Waals surface area (Å²) in [6.45, 7) is 4.10. The third-order valence-corrected chi connectivity index (χ3v) is 5.01. The van der Waals surface area contributed by atoms with E-state index in [0.29, 0.717) is 0 Å². The smallest absolute Gasteiger partial charge is 0.261 e. The third-order valence-electron chi connectivity index (χ3n) is 4.14. The molecule has 1 aliphatic heterocycles. The summed E-state index contributed by atoms with van der Waals surface area (Å²) in [7, 11) is 0. The number of carbonyl (C=O) groups is 1. The van der Waals surface area contributed by atoms with Crippen molar-refractivity contribution in [2.75, 3.05) is 19.6 Å². The number of thiophene rings is 1. The van der Waals surface area contributed by atoms with Crippen LogP contribution in [0.1, 0.15) is 33.6 Å². The summed E-state index contributed by atoms with van der Waals surface area (Å²) in [5, 5.41) is 4.93. The number of amides is 1. The number of fused-ring (bicyclic) bond motifs is 1. The average molecular weight is 314 g/mol. The molecule has 1 amide bonds. The zero-order chi connectivity index (χ0) is 15.2. The Kier molecular flexibility index (Phi) is 5.24. The standard InChI is InChI=1S/C18H22N2OS/c21-18(17-8-5-13-22-17)19-10-3-4-11-20-12-9-15-6-1-2-7-16(15)14-20/h1-2,5-8,13H,3-4,9-12,14H2,(H,19,21). The zero-order valence-corrected chi connectivity index (χ0v) is 13.6. The summed E-state index contributed by atoms with van der Waals surface area (Å²) in [5.41, 5.74) is 2.97. The normalized spacial score (nSPS) is 14.5. The number of nitrogens with zero attached hydrogens (tertiary/aromatic N) is 1. The van der Waals surface area contributed by atoms with Gasteiger partial charge in [0.25, 0.3) is 5.91 Å². The molecule has 4 heteroatoms. The topological polar surface area (TPSA) is 32.3 Å². The summed E-state index contributed by atoms with van der Waals surface area (Å²) < 4.78 is 0. The van der Waals surface area contributed by atoms with Gasteiger partial charge >= 0.3 is 0 Å². The van der Waals surface area contributed by atoms with Crippen molar-refractivity contribution in [3.05, 3.63) is 57.8 Å². The van der Waals surface area contributed by atoms with Gasteiger partial charge in [0.1, 0.15) is 0 Å². The van der Waals surface area contributed by atoms with Crippen LogP contribution >= 0.6 is 11.3 Å². The van der Waals surface area contributed by atoms with Crippen LogP contribution in [0.3, 0.4) is 0 Å². The molecule has 0 saturated carbocycles. The highest BCUT2D eigenvalue weighted by Gasteiger charge is 2.14. The Morgan fingerprint density at radius 2 is 2.00 bits per heavy atom. The van der Waals surface area contributed by atoms with Gasteiger partial charge in [0, 0.05) is 19.6 Å². The average Bonchev–Trinajstić information content (AvgIpc) is 3.09. The fourth-order valence-electron chi connectivity index (χ4n) is 2.90. The van der Waals surface area contributed by atoms with Gasteiger partial charge in [-0.1, -0.05) is 30.3 Å². The molecule has 0 saturated heterocycles. The molecule has 22 heavy (non-hydrogen) atoms. The lowest BCUT2D eigenvalue weighted by Crippen LogP contribution is -2.32. The minimum absolute atomic E-state index is 0.0573. The fraction of sp³-hybridized carbons (Fsp3) is 0.389. The van der Waals surface area contributed by atoms with E-state index in [1.165, 1.54) is 22.5 Å². The van der Waals surface area contributed by atoms with Crippen LogP contribution < -0.4 is 5.32 Å². The molecule has 1 N–H and O–H groups in total. The molecule has 0 atom stereocenters. The molecule has 1 aliphatic rings. The van der Waals surface area contributed by atoms with E-state index in [4.69, 9.17) is 0 Å². The maximum absolute atomic E-state index is 11.8. The molecule has 1 aromatic heterocycles. The van der Waals surface area contributed by atoms with Gasteiger partial charge in [-0.2, -0.15) is 0 Å². The van der Waals surface area contributed by atoms with Crippen LogP contribution in [0.2, 0.25) is 0 Å². The van der Waals surface area contributed by atoms with E-state index < -0.39 is 0 Å². The molecule has 0 aliphatic carbocycles. The van der Waals surface area contributed by atoms with E-state index in [9.17, 15) is 4.79 Å². The highest BCUT2D eigenvalue weighted by atomic mass is 32.1. The highest BCUT2D eigenvalue weighted by Crippen LogP contribution is 2.18. The molecule has 0 spiro atoms. The van der Waals surface area contributed by atoms with Gasteiger partial charge in [0.05, 0.1) is 4.88 Å². The molecule has 0 radical (unpaired) electrons. The Morgan fingerprint density at radius 1 is 1.14 bits per heavy atom. The predicted molar refractivity (Wildman–Crippen MR) is 91.3 cm³/mol.